The zero-order valence-electron chi connectivity index (χ0n) is 17.7. The first-order chi connectivity index (χ1) is 14.6. The van der Waals surface area contributed by atoms with Crippen LogP contribution >= 0.6 is 0 Å². The first-order valence-electron chi connectivity index (χ1n) is 10.7. The van der Waals surface area contributed by atoms with Crippen molar-refractivity contribution in [2.24, 2.45) is 0 Å². The summed E-state index contributed by atoms with van der Waals surface area (Å²) < 4.78 is 8.67. The van der Waals surface area contributed by atoms with Gasteiger partial charge in [-0.15, -0.1) is 0 Å². The molecule has 1 N–H and O–H groups in total. The van der Waals surface area contributed by atoms with Crippen molar-refractivity contribution in [3.8, 4) is 11.4 Å². The fraction of sp³-hybridized carbons (Fsp3) is 0.500. The van der Waals surface area contributed by atoms with Crippen molar-refractivity contribution in [2.45, 2.75) is 45.7 Å². The molecule has 4 rings (SSSR count). The van der Waals surface area contributed by atoms with E-state index in [4.69, 9.17) is 9.72 Å². The maximum Gasteiger partial charge on any atom is 0.330 e. The highest BCUT2D eigenvalue weighted by molar-refractivity contribution is 5.77. The second-order valence-corrected chi connectivity index (χ2v) is 7.76. The van der Waals surface area contributed by atoms with Gasteiger partial charge in [-0.05, 0) is 49.9 Å². The molecule has 3 heterocycles. The van der Waals surface area contributed by atoms with Gasteiger partial charge in [0, 0.05) is 44.5 Å². The Kier molecular flexibility index (Phi) is 6.03. The summed E-state index contributed by atoms with van der Waals surface area (Å²) in [5.41, 5.74) is 2.13. The lowest BCUT2D eigenvalue weighted by Gasteiger charge is -2.28. The van der Waals surface area contributed by atoms with Crippen LogP contribution in [0.3, 0.4) is 0 Å². The highest BCUT2D eigenvalue weighted by atomic mass is 16.5. The number of aromatic amines is 1. The molecule has 8 nitrogen and oxygen atoms in total. The van der Waals surface area contributed by atoms with Crippen LogP contribution in [0.5, 0.6) is 0 Å². The third kappa shape index (κ3) is 3.79. The van der Waals surface area contributed by atoms with Gasteiger partial charge in [0.25, 0.3) is 5.56 Å². The van der Waals surface area contributed by atoms with Crippen LogP contribution in [0, 0.1) is 0 Å². The number of methoxy groups -OCH3 is 1. The first kappa shape index (κ1) is 20.4. The number of nitrogens with zero attached hydrogens (tertiary/aromatic N) is 4. The molecule has 0 spiro atoms. The van der Waals surface area contributed by atoms with E-state index in [1.54, 1.807) is 11.7 Å². The quantitative estimate of drug-likeness (QED) is 0.646. The lowest BCUT2D eigenvalue weighted by atomic mass is 10.1. The Labute approximate surface area is 175 Å². The minimum Gasteiger partial charge on any atom is -0.383 e. The average Bonchev–Trinajstić information content (AvgIpc) is 3.15. The number of aryl methyl sites for hydroxylation is 1. The van der Waals surface area contributed by atoms with Gasteiger partial charge in [-0.25, -0.2) is 9.78 Å². The number of hydrogen-bond acceptors (Lipinski definition) is 5. The van der Waals surface area contributed by atoms with E-state index >= 15 is 0 Å². The zero-order valence-corrected chi connectivity index (χ0v) is 17.7. The van der Waals surface area contributed by atoms with Gasteiger partial charge >= 0.3 is 5.69 Å². The van der Waals surface area contributed by atoms with E-state index in [0.717, 1.165) is 25.1 Å². The number of ether oxygens (including phenoxy) is 1. The number of rotatable bonds is 7. The molecule has 0 bridgehead atoms. The molecule has 0 radical (unpaired) electrons. The van der Waals surface area contributed by atoms with E-state index < -0.39 is 11.2 Å². The van der Waals surface area contributed by atoms with E-state index in [1.165, 1.54) is 24.9 Å². The topological polar surface area (TPSA) is 85.1 Å². The maximum absolute atomic E-state index is 12.7. The van der Waals surface area contributed by atoms with Crippen LogP contribution in [0.15, 0.2) is 33.9 Å². The Balaban J connectivity index is 1.82. The molecule has 0 unspecified atom stereocenters. The number of anilines is 1. The van der Waals surface area contributed by atoms with Crippen LogP contribution in [0.2, 0.25) is 0 Å². The van der Waals surface area contributed by atoms with Crippen LogP contribution in [-0.4, -0.2) is 45.9 Å². The number of piperidine rings is 1. The minimum atomic E-state index is -0.419. The SMILES string of the molecule is CCCn1c(=O)[nH]c(=O)c2c1nc(-c1ccc(N3CCCCC3)cc1)n2CCOC. The number of benzene rings is 1. The Morgan fingerprint density at radius 3 is 2.43 bits per heavy atom. The summed E-state index contributed by atoms with van der Waals surface area (Å²) in [5.74, 6) is 0.674. The lowest BCUT2D eigenvalue weighted by molar-refractivity contribution is 0.188. The average molecular weight is 412 g/mol. The second kappa shape index (κ2) is 8.87. The van der Waals surface area contributed by atoms with Gasteiger partial charge in [-0.2, -0.15) is 0 Å². The monoisotopic (exact) mass is 411 g/mol. The highest BCUT2D eigenvalue weighted by Crippen LogP contribution is 2.26. The van der Waals surface area contributed by atoms with Gasteiger partial charge in [-0.1, -0.05) is 6.92 Å². The molecule has 1 aliphatic heterocycles. The van der Waals surface area contributed by atoms with Gasteiger partial charge in [0.2, 0.25) is 0 Å². The molecular formula is C22H29N5O3. The Morgan fingerprint density at radius 1 is 1.03 bits per heavy atom. The van der Waals surface area contributed by atoms with Crippen LogP contribution in [0.25, 0.3) is 22.6 Å². The number of imidazole rings is 1. The third-order valence-electron chi connectivity index (χ3n) is 5.70. The molecule has 3 aromatic rings. The van der Waals surface area contributed by atoms with E-state index in [2.05, 4.69) is 22.0 Å². The summed E-state index contributed by atoms with van der Waals surface area (Å²) >= 11 is 0. The molecule has 2 aromatic heterocycles. The number of nitrogens with one attached hydrogen (secondary N) is 1. The standard InChI is InChI=1S/C22H29N5O3/c1-3-11-27-20-18(21(28)24-22(27)29)26(14-15-30-2)19(23-20)16-7-9-17(10-8-16)25-12-5-4-6-13-25/h7-10H,3-6,11-15H2,1-2H3,(H,24,28,29). The van der Waals surface area contributed by atoms with Gasteiger partial charge in [0.1, 0.15) is 5.82 Å². The fourth-order valence-corrected chi connectivity index (χ4v) is 4.20. The van der Waals surface area contributed by atoms with Crippen LogP contribution in [0.4, 0.5) is 5.69 Å². The van der Waals surface area contributed by atoms with Gasteiger partial charge in [0.15, 0.2) is 11.2 Å². The van der Waals surface area contributed by atoms with Crippen molar-refractivity contribution >= 4 is 16.9 Å². The smallest absolute Gasteiger partial charge is 0.330 e. The molecule has 0 atom stereocenters. The van der Waals surface area contributed by atoms with Crippen molar-refractivity contribution < 1.29 is 4.74 Å². The number of H-pyrrole nitrogens is 1. The van der Waals surface area contributed by atoms with E-state index in [1.807, 2.05) is 23.6 Å². The molecule has 160 valence electrons. The van der Waals surface area contributed by atoms with Crippen molar-refractivity contribution in [3.05, 3.63) is 45.1 Å². The van der Waals surface area contributed by atoms with E-state index in [9.17, 15) is 9.59 Å². The van der Waals surface area contributed by atoms with Crippen molar-refractivity contribution in [3.63, 3.8) is 0 Å². The summed E-state index contributed by atoms with van der Waals surface area (Å²) in [4.78, 5) is 34.6. The molecule has 0 amide bonds. The van der Waals surface area contributed by atoms with E-state index in [0.29, 0.717) is 36.7 Å². The number of aromatic nitrogens is 4. The first-order valence-corrected chi connectivity index (χ1v) is 10.7. The van der Waals surface area contributed by atoms with Crippen LogP contribution in [0.1, 0.15) is 32.6 Å². The van der Waals surface area contributed by atoms with Crippen LogP contribution in [-0.2, 0) is 17.8 Å². The van der Waals surface area contributed by atoms with Crippen molar-refractivity contribution in [1.29, 1.82) is 0 Å². The summed E-state index contributed by atoms with van der Waals surface area (Å²) in [5, 5.41) is 0. The minimum absolute atomic E-state index is 0.412. The normalized spacial score (nSPS) is 14.5. The van der Waals surface area contributed by atoms with Gasteiger partial charge in [-0.3, -0.25) is 14.3 Å². The summed E-state index contributed by atoms with van der Waals surface area (Å²) in [6.45, 7) is 5.58. The maximum atomic E-state index is 12.7. The summed E-state index contributed by atoms with van der Waals surface area (Å²) in [6.07, 6.45) is 4.52. The Bertz CT molecular complexity index is 1120. The third-order valence-corrected chi connectivity index (χ3v) is 5.70. The van der Waals surface area contributed by atoms with Crippen molar-refractivity contribution in [1.82, 2.24) is 19.1 Å². The van der Waals surface area contributed by atoms with Gasteiger partial charge in [0.05, 0.1) is 6.61 Å². The molecule has 8 heteroatoms. The summed E-state index contributed by atoms with van der Waals surface area (Å²) in [7, 11) is 1.63. The Hall–Kier alpha value is -2.87. The second-order valence-electron chi connectivity index (χ2n) is 7.76. The predicted molar refractivity (Wildman–Crippen MR) is 118 cm³/mol. The predicted octanol–water partition coefficient (Wildman–Crippen LogP) is 2.60. The molecule has 0 saturated carbocycles. The number of hydrogen-bond donors (Lipinski definition) is 1. The van der Waals surface area contributed by atoms with Crippen LogP contribution < -0.4 is 16.1 Å². The van der Waals surface area contributed by atoms with E-state index in [-0.39, 0.29) is 0 Å². The zero-order chi connectivity index (χ0) is 21.1. The largest absolute Gasteiger partial charge is 0.383 e. The molecule has 0 aliphatic carbocycles. The molecule has 1 fully saturated rings. The highest BCUT2D eigenvalue weighted by Gasteiger charge is 2.20. The molecule has 1 saturated heterocycles. The molecule has 1 aromatic carbocycles. The van der Waals surface area contributed by atoms with Gasteiger partial charge < -0.3 is 14.2 Å². The fourth-order valence-electron chi connectivity index (χ4n) is 4.20. The summed E-state index contributed by atoms with van der Waals surface area (Å²) in [6, 6.07) is 8.32. The lowest BCUT2D eigenvalue weighted by Crippen LogP contribution is -2.31. The molecular weight excluding hydrogens is 382 g/mol. The molecule has 1 aliphatic rings. The van der Waals surface area contributed by atoms with Crippen molar-refractivity contribution in [2.75, 3.05) is 31.7 Å². The molecule has 30 heavy (non-hydrogen) atoms. The number of fused-ring (bicyclic) bond motifs is 1. The Morgan fingerprint density at radius 2 is 1.77 bits per heavy atom.